The predicted octanol–water partition coefficient (Wildman–Crippen LogP) is 2.06. The number of hydrogen-bond acceptors (Lipinski definition) is 7. The normalized spacial score (nSPS) is 12.1. The third-order valence-electron chi connectivity index (χ3n) is 3.89. The third-order valence-corrected chi connectivity index (χ3v) is 5.01. The van der Waals surface area contributed by atoms with Gasteiger partial charge in [0.15, 0.2) is 16.7 Å². The van der Waals surface area contributed by atoms with Gasteiger partial charge in [0.2, 0.25) is 0 Å². The van der Waals surface area contributed by atoms with Crippen molar-refractivity contribution in [2.45, 2.75) is 44.2 Å². The summed E-state index contributed by atoms with van der Waals surface area (Å²) in [5.74, 6) is 1.69. The molecule has 0 saturated heterocycles. The molecule has 0 fully saturated rings. The number of rotatable bonds is 12. The lowest BCUT2D eigenvalue weighted by Crippen LogP contribution is -2.20. The molecule has 0 radical (unpaired) electrons. The van der Waals surface area contributed by atoms with Crippen LogP contribution in [0.3, 0.4) is 0 Å². The minimum Gasteiger partial charge on any atom is -0.493 e. The Labute approximate surface area is 162 Å². The van der Waals surface area contributed by atoms with Crippen molar-refractivity contribution in [3.8, 4) is 11.5 Å². The highest BCUT2D eigenvalue weighted by atomic mass is 32.2. The Hall–Kier alpha value is -1.97. The number of aliphatic hydroxyl groups is 1. The third kappa shape index (κ3) is 6.30. The zero-order chi connectivity index (χ0) is 19.6. The van der Waals surface area contributed by atoms with Crippen LogP contribution in [0.2, 0.25) is 0 Å². The molecule has 8 nitrogen and oxygen atoms in total. The number of thioether (sulfide) groups is 1. The summed E-state index contributed by atoms with van der Waals surface area (Å²) in [7, 11) is 3.17. The Kier molecular flexibility index (Phi) is 8.70. The fourth-order valence-corrected chi connectivity index (χ4v) is 3.31. The van der Waals surface area contributed by atoms with Gasteiger partial charge < -0.3 is 19.3 Å². The maximum Gasteiger partial charge on any atom is 0.343 e. The van der Waals surface area contributed by atoms with Crippen LogP contribution in [0.1, 0.15) is 25.3 Å². The van der Waals surface area contributed by atoms with Gasteiger partial charge in [0.05, 0.1) is 33.5 Å². The van der Waals surface area contributed by atoms with Crippen LogP contribution < -0.4 is 15.2 Å². The fraction of sp³-hybridized carbons (Fsp3) is 0.556. The van der Waals surface area contributed by atoms with Crippen molar-refractivity contribution >= 4 is 11.8 Å². The van der Waals surface area contributed by atoms with Crippen LogP contribution in [0.15, 0.2) is 28.2 Å². The quantitative estimate of drug-likeness (QED) is 0.529. The Bertz CT molecular complexity index is 762. The predicted molar refractivity (Wildman–Crippen MR) is 104 cm³/mol. The average molecular weight is 397 g/mol. The fourth-order valence-electron chi connectivity index (χ4n) is 2.43. The Morgan fingerprint density at radius 3 is 2.78 bits per heavy atom. The zero-order valence-electron chi connectivity index (χ0n) is 15.9. The van der Waals surface area contributed by atoms with Gasteiger partial charge in [-0.2, -0.15) is 0 Å². The van der Waals surface area contributed by atoms with Crippen molar-refractivity contribution in [3.63, 3.8) is 0 Å². The maximum atomic E-state index is 11.7. The van der Waals surface area contributed by atoms with Gasteiger partial charge in [-0.25, -0.2) is 9.89 Å². The number of aliphatic hydroxyl groups excluding tert-OH is 1. The Morgan fingerprint density at radius 2 is 2.07 bits per heavy atom. The monoisotopic (exact) mass is 397 g/mol. The summed E-state index contributed by atoms with van der Waals surface area (Å²) in [6, 6.07) is 5.55. The summed E-state index contributed by atoms with van der Waals surface area (Å²) >= 11 is 1.34. The van der Waals surface area contributed by atoms with E-state index < -0.39 is 6.10 Å². The van der Waals surface area contributed by atoms with Crippen molar-refractivity contribution in [2.24, 2.45) is 0 Å². The van der Waals surface area contributed by atoms with Gasteiger partial charge in [0.25, 0.3) is 0 Å². The van der Waals surface area contributed by atoms with Crippen LogP contribution >= 0.6 is 11.8 Å². The van der Waals surface area contributed by atoms with Gasteiger partial charge in [-0.05, 0) is 24.1 Å². The lowest BCUT2D eigenvalue weighted by atomic mass is 10.2. The number of hydrogen-bond donors (Lipinski definition) is 2. The summed E-state index contributed by atoms with van der Waals surface area (Å²) in [6.45, 7) is 3.23. The first kappa shape index (κ1) is 21.3. The van der Waals surface area contributed by atoms with Crippen molar-refractivity contribution in [1.29, 1.82) is 0 Å². The van der Waals surface area contributed by atoms with E-state index in [-0.39, 0.29) is 12.3 Å². The minimum atomic E-state index is -0.665. The SMILES string of the molecule is CCCCn1c(SC[C@@H](O)COCc2ccc(OC)c(OC)c2)n[nH]c1=O. The second-order valence-electron chi connectivity index (χ2n) is 5.99. The summed E-state index contributed by atoms with van der Waals surface area (Å²) < 4.78 is 17.7. The average Bonchev–Trinajstić information content (AvgIpc) is 3.04. The number of aromatic nitrogens is 3. The second-order valence-corrected chi connectivity index (χ2v) is 6.97. The van der Waals surface area contributed by atoms with Crippen molar-refractivity contribution in [2.75, 3.05) is 26.6 Å². The van der Waals surface area contributed by atoms with Crippen LogP contribution in [0.4, 0.5) is 0 Å². The zero-order valence-corrected chi connectivity index (χ0v) is 16.8. The lowest BCUT2D eigenvalue weighted by molar-refractivity contribution is 0.0397. The van der Waals surface area contributed by atoms with Crippen LogP contribution in [0, 0.1) is 0 Å². The molecule has 0 aliphatic heterocycles. The highest BCUT2D eigenvalue weighted by Gasteiger charge is 2.12. The van der Waals surface area contributed by atoms with Crippen molar-refractivity contribution < 1.29 is 19.3 Å². The summed E-state index contributed by atoms with van der Waals surface area (Å²) in [5, 5.41) is 17.2. The summed E-state index contributed by atoms with van der Waals surface area (Å²) in [6.07, 6.45) is 1.24. The molecule has 9 heteroatoms. The molecule has 27 heavy (non-hydrogen) atoms. The number of methoxy groups -OCH3 is 2. The number of aromatic amines is 1. The van der Waals surface area contributed by atoms with E-state index in [4.69, 9.17) is 14.2 Å². The molecule has 0 aliphatic carbocycles. The molecular weight excluding hydrogens is 370 g/mol. The van der Waals surface area contributed by atoms with Gasteiger partial charge in [-0.15, -0.1) is 5.10 Å². The first-order valence-corrected chi connectivity index (χ1v) is 9.82. The molecule has 2 N–H and O–H groups in total. The number of benzene rings is 1. The molecule has 150 valence electrons. The Balaban J connectivity index is 1.78. The van der Waals surface area contributed by atoms with Gasteiger partial charge in [-0.1, -0.05) is 31.2 Å². The molecule has 1 aromatic carbocycles. The van der Waals surface area contributed by atoms with E-state index in [1.807, 2.05) is 18.2 Å². The summed E-state index contributed by atoms with van der Waals surface area (Å²) in [4.78, 5) is 11.7. The van der Waals surface area contributed by atoms with Crippen LogP contribution in [0.25, 0.3) is 0 Å². The lowest BCUT2D eigenvalue weighted by Gasteiger charge is -2.12. The molecule has 1 heterocycles. The number of ether oxygens (including phenoxy) is 3. The minimum absolute atomic E-state index is 0.185. The number of unbranched alkanes of at least 4 members (excludes halogenated alkanes) is 1. The Morgan fingerprint density at radius 1 is 1.30 bits per heavy atom. The summed E-state index contributed by atoms with van der Waals surface area (Å²) in [5.41, 5.74) is 0.707. The van der Waals surface area contributed by atoms with Crippen LogP contribution in [-0.4, -0.2) is 52.6 Å². The molecule has 0 spiro atoms. The second kappa shape index (κ2) is 11.0. The number of nitrogens with zero attached hydrogens (tertiary/aromatic N) is 2. The molecule has 0 saturated carbocycles. The van der Waals surface area contributed by atoms with Crippen molar-refractivity contribution in [3.05, 3.63) is 34.2 Å². The highest BCUT2D eigenvalue weighted by Crippen LogP contribution is 2.27. The standard InChI is InChI=1S/C18H27N3O5S/c1-4-5-8-21-17(23)19-20-18(21)27-12-14(22)11-26-10-13-6-7-15(24-2)16(9-13)25-3/h6-7,9,14,22H,4-5,8,10-12H2,1-3H3,(H,19,23)/t14-/m0/s1. The number of nitrogens with one attached hydrogen (secondary N) is 1. The van der Waals surface area contributed by atoms with E-state index >= 15 is 0 Å². The van der Waals surface area contributed by atoms with E-state index in [0.717, 1.165) is 18.4 Å². The smallest absolute Gasteiger partial charge is 0.343 e. The molecule has 0 bridgehead atoms. The first-order valence-electron chi connectivity index (χ1n) is 8.83. The van der Waals surface area contributed by atoms with Crippen LogP contribution in [0.5, 0.6) is 11.5 Å². The molecule has 0 unspecified atom stereocenters. The van der Waals surface area contributed by atoms with E-state index in [1.165, 1.54) is 11.8 Å². The first-order chi connectivity index (χ1) is 13.1. The van der Waals surface area contributed by atoms with Gasteiger partial charge in [0, 0.05) is 12.3 Å². The van der Waals surface area contributed by atoms with Crippen LogP contribution in [-0.2, 0) is 17.9 Å². The highest BCUT2D eigenvalue weighted by molar-refractivity contribution is 7.99. The van der Waals surface area contributed by atoms with E-state index in [9.17, 15) is 9.90 Å². The molecule has 0 aliphatic rings. The van der Waals surface area contributed by atoms with E-state index in [1.54, 1.807) is 18.8 Å². The topological polar surface area (TPSA) is 98.6 Å². The molecular formula is C18H27N3O5S. The molecule has 2 rings (SSSR count). The van der Waals surface area contributed by atoms with Gasteiger partial charge in [0.1, 0.15) is 0 Å². The molecule has 0 amide bonds. The molecule has 1 atom stereocenters. The van der Waals surface area contributed by atoms with Crippen molar-refractivity contribution in [1.82, 2.24) is 14.8 Å². The van der Waals surface area contributed by atoms with Gasteiger partial charge in [-0.3, -0.25) is 4.57 Å². The number of H-pyrrole nitrogens is 1. The van der Waals surface area contributed by atoms with E-state index in [2.05, 4.69) is 17.1 Å². The van der Waals surface area contributed by atoms with Gasteiger partial charge >= 0.3 is 5.69 Å². The van der Waals surface area contributed by atoms with E-state index in [0.29, 0.717) is 35.6 Å². The largest absolute Gasteiger partial charge is 0.493 e. The molecule has 2 aromatic rings. The molecule has 1 aromatic heterocycles. The maximum absolute atomic E-state index is 11.7.